The minimum atomic E-state index is -0.179. The molecule has 3 rings (SSSR count). The van der Waals surface area contributed by atoms with Crippen LogP contribution in [0.5, 0.6) is 0 Å². The first-order valence-electron chi connectivity index (χ1n) is 7.43. The number of rotatable bonds is 3. The molecule has 1 aliphatic rings. The molecule has 0 spiro atoms. The molecule has 21 heavy (non-hydrogen) atoms. The van der Waals surface area contributed by atoms with E-state index in [1.807, 2.05) is 19.2 Å². The lowest BCUT2D eigenvalue weighted by atomic mass is 9.88. The van der Waals surface area contributed by atoms with Gasteiger partial charge in [-0.1, -0.05) is 40.2 Å². The van der Waals surface area contributed by atoms with Crippen LogP contribution >= 0.6 is 15.9 Å². The molecular formula is C18H19BrFN. The molecular weight excluding hydrogens is 329 g/mol. The van der Waals surface area contributed by atoms with E-state index in [1.54, 1.807) is 0 Å². The van der Waals surface area contributed by atoms with Crippen molar-refractivity contribution >= 4 is 15.9 Å². The predicted molar refractivity (Wildman–Crippen MR) is 88.1 cm³/mol. The Hall–Kier alpha value is -1.19. The summed E-state index contributed by atoms with van der Waals surface area (Å²) in [5.41, 5.74) is 4.71. The number of fused-ring (bicyclic) bond motifs is 1. The van der Waals surface area contributed by atoms with Crippen LogP contribution in [0.25, 0.3) is 0 Å². The Balaban J connectivity index is 1.99. The molecule has 0 bridgehead atoms. The third kappa shape index (κ3) is 3.04. The molecule has 0 amide bonds. The van der Waals surface area contributed by atoms with Crippen LogP contribution in [0.1, 0.15) is 41.1 Å². The molecule has 0 aromatic heterocycles. The van der Waals surface area contributed by atoms with Gasteiger partial charge in [0.05, 0.1) is 6.04 Å². The number of aryl methyl sites for hydroxylation is 2. The van der Waals surface area contributed by atoms with Gasteiger partial charge in [0.1, 0.15) is 5.82 Å². The normalized spacial score (nSPS) is 15.6. The topological polar surface area (TPSA) is 12.0 Å². The van der Waals surface area contributed by atoms with Crippen molar-refractivity contribution in [2.24, 2.45) is 0 Å². The number of nitrogens with one attached hydrogen (secondary N) is 1. The van der Waals surface area contributed by atoms with Crippen molar-refractivity contribution < 1.29 is 4.39 Å². The highest BCUT2D eigenvalue weighted by Crippen LogP contribution is 2.30. The lowest BCUT2D eigenvalue weighted by Crippen LogP contribution is -2.19. The molecule has 0 saturated carbocycles. The molecule has 2 aromatic rings. The molecule has 3 heteroatoms. The third-order valence-corrected chi connectivity index (χ3v) is 4.76. The highest BCUT2D eigenvalue weighted by atomic mass is 79.9. The van der Waals surface area contributed by atoms with Crippen molar-refractivity contribution in [3.63, 3.8) is 0 Å². The zero-order valence-corrected chi connectivity index (χ0v) is 13.7. The van der Waals surface area contributed by atoms with Gasteiger partial charge in [-0.15, -0.1) is 0 Å². The Morgan fingerprint density at radius 1 is 1.05 bits per heavy atom. The molecule has 0 heterocycles. The van der Waals surface area contributed by atoms with E-state index in [0.29, 0.717) is 5.56 Å². The van der Waals surface area contributed by atoms with Crippen LogP contribution in [0.4, 0.5) is 4.39 Å². The maximum absolute atomic E-state index is 14.2. The van der Waals surface area contributed by atoms with Gasteiger partial charge in [0, 0.05) is 10.0 Å². The van der Waals surface area contributed by atoms with Crippen molar-refractivity contribution in [3.8, 4) is 0 Å². The Bertz CT molecular complexity index is 654. The molecule has 0 radical (unpaired) electrons. The summed E-state index contributed by atoms with van der Waals surface area (Å²) in [6.45, 7) is 0. The van der Waals surface area contributed by atoms with E-state index < -0.39 is 0 Å². The van der Waals surface area contributed by atoms with E-state index in [0.717, 1.165) is 16.5 Å². The smallest absolute Gasteiger partial charge is 0.129 e. The summed E-state index contributed by atoms with van der Waals surface area (Å²) in [5.74, 6) is -0.179. The maximum Gasteiger partial charge on any atom is 0.129 e. The van der Waals surface area contributed by atoms with Gasteiger partial charge in [0.25, 0.3) is 0 Å². The summed E-state index contributed by atoms with van der Waals surface area (Å²) in [4.78, 5) is 0. The summed E-state index contributed by atoms with van der Waals surface area (Å²) < 4.78 is 15.0. The van der Waals surface area contributed by atoms with Gasteiger partial charge < -0.3 is 5.32 Å². The molecule has 0 aliphatic heterocycles. The molecule has 110 valence electrons. The van der Waals surface area contributed by atoms with Crippen molar-refractivity contribution in [2.75, 3.05) is 7.05 Å². The second-order valence-corrected chi connectivity index (χ2v) is 6.54. The largest absolute Gasteiger partial charge is 0.309 e. The van der Waals surface area contributed by atoms with Crippen LogP contribution in [-0.4, -0.2) is 7.05 Å². The highest BCUT2D eigenvalue weighted by molar-refractivity contribution is 9.10. The summed E-state index contributed by atoms with van der Waals surface area (Å²) in [7, 11) is 1.88. The fourth-order valence-corrected chi connectivity index (χ4v) is 3.50. The number of hydrogen-bond donors (Lipinski definition) is 1. The first-order valence-corrected chi connectivity index (χ1v) is 8.22. The Kier molecular flexibility index (Phi) is 4.41. The number of halogens is 2. The first kappa shape index (κ1) is 14.7. The van der Waals surface area contributed by atoms with Crippen LogP contribution in [0, 0.1) is 5.82 Å². The molecule has 1 N–H and O–H groups in total. The van der Waals surface area contributed by atoms with Gasteiger partial charge >= 0.3 is 0 Å². The fraction of sp³-hybridized carbons (Fsp3) is 0.333. The van der Waals surface area contributed by atoms with E-state index in [9.17, 15) is 4.39 Å². The standard InChI is InChI=1S/C18H19BrFN/c1-21-18(16-9-8-15(19)11-17(16)20)14-7-6-12-4-2-3-5-13(12)10-14/h6-11,18,21H,2-5H2,1H3. The lowest BCUT2D eigenvalue weighted by Gasteiger charge is -2.22. The maximum atomic E-state index is 14.2. The summed E-state index contributed by atoms with van der Waals surface area (Å²) in [5, 5.41) is 3.25. The Morgan fingerprint density at radius 2 is 1.81 bits per heavy atom. The Morgan fingerprint density at radius 3 is 2.52 bits per heavy atom. The molecule has 1 aliphatic carbocycles. The molecule has 1 atom stereocenters. The van der Waals surface area contributed by atoms with E-state index in [2.05, 4.69) is 39.4 Å². The number of hydrogen-bond acceptors (Lipinski definition) is 1. The van der Waals surface area contributed by atoms with Gasteiger partial charge in [-0.2, -0.15) is 0 Å². The SMILES string of the molecule is CNC(c1ccc2c(c1)CCCC2)c1ccc(Br)cc1F. The summed E-state index contributed by atoms with van der Waals surface area (Å²) in [6.07, 6.45) is 4.85. The molecule has 0 saturated heterocycles. The van der Waals surface area contributed by atoms with Crippen molar-refractivity contribution in [1.82, 2.24) is 5.32 Å². The summed E-state index contributed by atoms with van der Waals surface area (Å²) in [6, 6.07) is 11.7. The zero-order chi connectivity index (χ0) is 14.8. The summed E-state index contributed by atoms with van der Waals surface area (Å²) >= 11 is 3.31. The van der Waals surface area contributed by atoms with Crippen LogP contribution in [0.3, 0.4) is 0 Å². The lowest BCUT2D eigenvalue weighted by molar-refractivity contribution is 0.574. The van der Waals surface area contributed by atoms with E-state index >= 15 is 0 Å². The number of benzene rings is 2. The van der Waals surface area contributed by atoms with E-state index in [1.165, 1.54) is 36.5 Å². The molecule has 1 unspecified atom stereocenters. The second-order valence-electron chi connectivity index (χ2n) is 5.62. The van der Waals surface area contributed by atoms with Crippen LogP contribution in [-0.2, 0) is 12.8 Å². The van der Waals surface area contributed by atoms with Gasteiger partial charge in [0.15, 0.2) is 0 Å². The van der Waals surface area contributed by atoms with Gasteiger partial charge in [-0.25, -0.2) is 4.39 Å². The molecule has 1 nitrogen and oxygen atoms in total. The van der Waals surface area contributed by atoms with E-state index in [4.69, 9.17) is 0 Å². The third-order valence-electron chi connectivity index (χ3n) is 4.27. The highest BCUT2D eigenvalue weighted by Gasteiger charge is 2.18. The monoisotopic (exact) mass is 347 g/mol. The minimum Gasteiger partial charge on any atom is -0.309 e. The van der Waals surface area contributed by atoms with Gasteiger partial charge in [-0.3, -0.25) is 0 Å². The van der Waals surface area contributed by atoms with E-state index in [-0.39, 0.29) is 11.9 Å². The van der Waals surface area contributed by atoms with Crippen LogP contribution < -0.4 is 5.32 Å². The molecule has 2 aromatic carbocycles. The Labute approximate surface area is 133 Å². The van der Waals surface area contributed by atoms with Crippen molar-refractivity contribution in [2.45, 2.75) is 31.7 Å². The van der Waals surface area contributed by atoms with Gasteiger partial charge in [0.2, 0.25) is 0 Å². The predicted octanol–water partition coefficient (Wildman–Crippen LogP) is 4.78. The minimum absolute atomic E-state index is 0.106. The second kappa shape index (κ2) is 6.29. The zero-order valence-electron chi connectivity index (χ0n) is 12.1. The van der Waals surface area contributed by atoms with Crippen molar-refractivity contribution in [3.05, 3.63) is 68.9 Å². The average Bonchev–Trinajstić information content (AvgIpc) is 2.50. The average molecular weight is 348 g/mol. The van der Waals surface area contributed by atoms with Crippen LogP contribution in [0.2, 0.25) is 0 Å². The quantitative estimate of drug-likeness (QED) is 0.842. The van der Waals surface area contributed by atoms with Crippen LogP contribution in [0.15, 0.2) is 40.9 Å². The van der Waals surface area contributed by atoms with Crippen molar-refractivity contribution in [1.29, 1.82) is 0 Å². The fourth-order valence-electron chi connectivity index (χ4n) is 3.17. The van der Waals surface area contributed by atoms with Gasteiger partial charge in [-0.05, 0) is 61.6 Å². The first-order chi connectivity index (χ1) is 10.2. The molecule has 0 fully saturated rings.